The normalized spacial score (nSPS) is 12.4. The molecule has 2 N–H and O–H groups in total. The Bertz CT molecular complexity index is 847. The Labute approximate surface area is 161 Å². The van der Waals surface area contributed by atoms with Gasteiger partial charge in [0, 0.05) is 17.3 Å². The molecule has 0 aliphatic heterocycles. The van der Waals surface area contributed by atoms with Gasteiger partial charge >= 0.3 is 0 Å². The maximum Gasteiger partial charge on any atom is 0.255 e. The van der Waals surface area contributed by atoms with E-state index >= 15 is 0 Å². The standard InChI is InChI=1S/C20H26N2O4S/c1-4-14-26-18-10-6-16(7-11-18)20(23)21-17-8-12-19(13-9-17)27(24,25)22-15(3)5-2/h6-13,15,22H,4-5,14H2,1-3H3,(H,21,23). The molecule has 0 bridgehead atoms. The molecule has 1 atom stereocenters. The van der Waals surface area contributed by atoms with E-state index in [0.717, 1.165) is 12.2 Å². The second-order valence-corrected chi connectivity index (χ2v) is 8.00. The van der Waals surface area contributed by atoms with Crippen molar-refractivity contribution in [3.8, 4) is 5.75 Å². The monoisotopic (exact) mass is 390 g/mol. The van der Waals surface area contributed by atoms with Gasteiger partial charge in [0.2, 0.25) is 10.0 Å². The van der Waals surface area contributed by atoms with Crippen LogP contribution in [-0.4, -0.2) is 27.0 Å². The number of anilines is 1. The number of hydrogen-bond donors (Lipinski definition) is 2. The summed E-state index contributed by atoms with van der Waals surface area (Å²) in [5.41, 5.74) is 1.02. The first-order valence-electron chi connectivity index (χ1n) is 9.02. The van der Waals surface area contributed by atoms with Crippen molar-refractivity contribution in [1.29, 1.82) is 0 Å². The number of carbonyl (C=O) groups is 1. The summed E-state index contributed by atoms with van der Waals surface area (Å²) in [5.74, 6) is 0.446. The molecule has 0 radical (unpaired) electrons. The Hall–Kier alpha value is -2.38. The molecule has 0 saturated heterocycles. The lowest BCUT2D eigenvalue weighted by molar-refractivity contribution is 0.102. The largest absolute Gasteiger partial charge is 0.494 e. The van der Waals surface area contributed by atoms with Gasteiger partial charge in [-0.2, -0.15) is 0 Å². The Kier molecular flexibility index (Phi) is 7.38. The third-order valence-corrected chi connectivity index (χ3v) is 5.59. The number of hydrogen-bond acceptors (Lipinski definition) is 4. The molecule has 6 nitrogen and oxygen atoms in total. The van der Waals surface area contributed by atoms with Crippen molar-refractivity contribution in [2.24, 2.45) is 0 Å². The van der Waals surface area contributed by atoms with Gasteiger partial charge in [-0.25, -0.2) is 13.1 Å². The second-order valence-electron chi connectivity index (χ2n) is 6.28. The molecule has 1 unspecified atom stereocenters. The minimum Gasteiger partial charge on any atom is -0.494 e. The zero-order chi connectivity index (χ0) is 19.9. The van der Waals surface area contributed by atoms with Gasteiger partial charge in [0.1, 0.15) is 5.75 Å². The summed E-state index contributed by atoms with van der Waals surface area (Å²) in [6.07, 6.45) is 1.62. The summed E-state index contributed by atoms with van der Waals surface area (Å²) in [4.78, 5) is 12.5. The van der Waals surface area contributed by atoms with Crippen molar-refractivity contribution in [2.75, 3.05) is 11.9 Å². The van der Waals surface area contributed by atoms with E-state index in [1.165, 1.54) is 12.1 Å². The number of sulfonamides is 1. The fourth-order valence-electron chi connectivity index (χ4n) is 2.26. The van der Waals surface area contributed by atoms with Gasteiger partial charge in [-0.3, -0.25) is 4.79 Å². The van der Waals surface area contributed by atoms with E-state index in [1.807, 2.05) is 20.8 Å². The number of amides is 1. The lowest BCUT2D eigenvalue weighted by Gasteiger charge is -2.12. The first-order valence-corrected chi connectivity index (χ1v) is 10.5. The topological polar surface area (TPSA) is 84.5 Å². The first-order chi connectivity index (χ1) is 12.9. The summed E-state index contributed by atoms with van der Waals surface area (Å²) in [6.45, 7) is 6.38. The predicted molar refractivity (Wildman–Crippen MR) is 107 cm³/mol. The van der Waals surface area contributed by atoms with Gasteiger partial charge in [-0.05, 0) is 68.3 Å². The minimum absolute atomic E-state index is 0.140. The van der Waals surface area contributed by atoms with Crippen LogP contribution in [0.3, 0.4) is 0 Å². The molecule has 27 heavy (non-hydrogen) atoms. The highest BCUT2D eigenvalue weighted by Crippen LogP contribution is 2.17. The lowest BCUT2D eigenvalue weighted by atomic mass is 10.2. The van der Waals surface area contributed by atoms with Crippen molar-refractivity contribution in [3.05, 3.63) is 54.1 Å². The SMILES string of the molecule is CCCOc1ccc(C(=O)Nc2ccc(S(=O)(=O)NC(C)CC)cc2)cc1. The highest BCUT2D eigenvalue weighted by atomic mass is 32.2. The van der Waals surface area contributed by atoms with Crippen molar-refractivity contribution >= 4 is 21.6 Å². The molecule has 0 aromatic heterocycles. The summed E-state index contributed by atoms with van der Waals surface area (Å²) in [5, 5.41) is 2.76. The van der Waals surface area contributed by atoms with Crippen LogP contribution in [0.4, 0.5) is 5.69 Å². The van der Waals surface area contributed by atoms with Gasteiger partial charge in [-0.1, -0.05) is 13.8 Å². The van der Waals surface area contributed by atoms with Gasteiger partial charge in [0.25, 0.3) is 5.91 Å². The molecule has 2 aromatic rings. The Balaban J connectivity index is 2.02. The van der Waals surface area contributed by atoms with Crippen LogP contribution in [-0.2, 0) is 10.0 Å². The summed E-state index contributed by atoms with van der Waals surface area (Å²) < 4.78 is 32.6. The van der Waals surface area contributed by atoms with Crippen LogP contribution >= 0.6 is 0 Å². The molecule has 0 saturated carbocycles. The number of ether oxygens (including phenoxy) is 1. The third-order valence-electron chi connectivity index (χ3n) is 3.98. The number of benzene rings is 2. The van der Waals surface area contributed by atoms with Crippen LogP contribution in [0.2, 0.25) is 0 Å². The van der Waals surface area contributed by atoms with Gasteiger partial charge in [0.05, 0.1) is 11.5 Å². The smallest absolute Gasteiger partial charge is 0.255 e. The summed E-state index contributed by atoms with van der Waals surface area (Å²) in [6, 6.07) is 12.8. The number of nitrogens with one attached hydrogen (secondary N) is 2. The molecule has 0 heterocycles. The molecule has 2 rings (SSSR count). The Morgan fingerprint density at radius 2 is 1.67 bits per heavy atom. The van der Waals surface area contributed by atoms with Crippen LogP contribution in [0.5, 0.6) is 5.75 Å². The van der Waals surface area contributed by atoms with Crippen molar-refractivity contribution in [2.45, 2.75) is 44.6 Å². The van der Waals surface area contributed by atoms with E-state index in [9.17, 15) is 13.2 Å². The van der Waals surface area contributed by atoms with Crippen LogP contribution < -0.4 is 14.8 Å². The van der Waals surface area contributed by atoms with E-state index in [0.29, 0.717) is 24.3 Å². The average Bonchev–Trinajstić information content (AvgIpc) is 2.66. The van der Waals surface area contributed by atoms with Crippen LogP contribution in [0.1, 0.15) is 44.0 Å². The van der Waals surface area contributed by atoms with Gasteiger partial charge in [0.15, 0.2) is 0 Å². The van der Waals surface area contributed by atoms with E-state index in [2.05, 4.69) is 10.0 Å². The molecule has 7 heteroatoms. The lowest BCUT2D eigenvalue weighted by Crippen LogP contribution is -2.31. The minimum atomic E-state index is -3.56. The maximum atomic E-state index is 12.3. The van der Waals surface area contributed by atoms with Crippen molar-refractivity contribution in [3.63, 3.8) is 0 Å². The summed E-state index contributed by atoms with van der Waals surface area (Å²) >= 11 is 0. The quantitative estimate of drug-likeness (QED) is 0.682. The average molecular weight is 391 g/mol. The van der Waals surface area contributed by atoms with E-state index < -0.39 is 10.0 Å². The van der Waals surface area contributed by atoms with Gasteiger partial charge < -0.3 is 10.1 Å². The van der Waals surface area contributed by atoms with Crippen LogP contribution in [0.25, 0.3) is 0 Å². The highest BCUT2D eigenvalue weighted by molar-refractivity contribution is 7.89. The molecule has 0 aliphatic rings. The zero-order valence-corrected chi connectivity index (χ0v) is 16.7. The highest BCUT2D eigenvalue weighted by Gasteiger charge is 2.16. The zero-order valence-electron chi connectivity index (χ0n) is 15.9. The molecule has 2 aromatic carbocycles. The second kappa shape index (κ2) is 9.53. The number of carbonyl (C=O) groups excluding carboxylic acids is 1. The van der Waals surface area contributed by atoms with E-state index in [-0.39, 0.29) is 16.8 Å². The third kappa shape index (κ3) is 6.08. The van der Waals surface area contributed by atoms with Crippen molar-refractivity contribution in [1.82, 2.24) is 4.72 Å². The fraction of sp³-hybridized carbons (Fsp3) is 0.350. The molecule has 146 valence electrons. The first kappa shape index (κ1) is 20.9. The Morgan fingerprint density at radius 3 is 2.22 bits per heavy atom. The number of rotatable bonds is 9. The fourth-order valence-corrected chi connectivity index (χ4v) is 3.59. The molecular weight excluding hydrogens is 364 g/mol. The molecule has 0 spiro atoms. The van der Waals surface area contributed by atoms with Crippen LogP contribution in [0, 0.1) is 0 Å². The Morgan fingerprint density at radius 1 is 1.04 bits per heavy atom. The predicted octanol–water partition coefficient (Wildman–Crippen LogP) is 3.80. The molecule has 0 aliphatic carbocycles. The molecule has 0 fully saturated rings. The van der Waals surface area contributed by atoms with E-state index in [1.54, 1.807) is 36.4 Å². The van der Waals surface area contributed by atoms with Crippen molar-refractivity contribution < 1.29 is 17.9 Å². The molecular formula is C20H26N2O4S. The maximum absolute atomic E-state index is 12.3. The summed E-state index contributed by atoms with van der Waals surface area (Å²) in [7, 11) is -3.56. The van der Waals surface area contributed by atoms with E-state index in [4.69, 9.17) is 4.74 Å². The van der Waals surface area contributed by atoms with Crippen LogP contribution in [0.15, 0.2) is 53.4 Å². The van der Waals surface area contributed by atoms with Gasteiger partial charge in [-0.15, -0.1) is 0 Å². The molecule has 1 amide bonds.